The molecule has 1 heterocycles. The minimum absolute atomic E-state index is 0.195. The van der Waals surface area contributed by atoms with E-state index < -0.39 is 5.41 Å². The van der Waals surface area contributed by atoms with E-state index in [2.05, 4.69) is 15.9 Å². The van der Waals surface area contributed by atoms with Crippen LogP contribution in [0.1, 0.15) is 12.5 Å². The number of carbonyl (C=O) groups excluding carboxylic acids is 1. The third-order valence-electron chi connectivity index (χ3n) is 2.74. The van der Waals surface area contributed by atoms with Crippen molar-refractivity contribution in [3.05, 3.63) is 34.3 Å². The molecule has 86 valence electrons. The highest BCUT2D eigenvalue weighted by atomic mass is 79.9. The third-order valence-corrected chi connectivity index (χ3v) is 3.23. The lowest BCUT2D eigenvalue weighted by Gasteiger charge is -2.39. The lowest BCUT2D eigenvalue weighted by Crippen LogP contribution is -2.53. The fourth-order valence-electron chi connectivity index (χ4n) is 1.76. The molecule has 0 amide bonds. The third kappa shape index (κ3) is 1.87. The summed E-state index contributed by atoms with van der Waals surface area (Å²) in [6.07, 6.45) is 0. The number of rotatable bonds is 3. The predicted molar refractivity (Wildman–Crippen MR) is 63.3 cm³/mol. The van der Waals surface area contributed by atoms with Gasteiger partial charge in [0.15, 0.2) is 0 Å². The highest BCUT2D eigenvalue weighted by molar-refractivity contribution is 9.10. The van der Waals surface area contributed by atoms with Gasteiger partial charge in [0, 0.05) is 4.47 Å². The lowest BCUT2D eigenvalue weighted by molar-refractivity contribution is -0.169. The van der Waals surface area contributed by atoms with Crippen molar-refractivity contribution in [1.29, 1.82) is 0 Å². The van der Waals surface area contributed by atoms with Gasteiger partial charge >= 0.3 is 5.97 Å². The summed E-state index contributed by atoms with van der Waals surface area (Å²) < 4.78 is 11.3. The fraction of sp³-hybridized carbons (Fsp3) is 0.417. The molecule has 0 atom stereocenters. The molecule has 2 rings (SSSR count). The molecule has 4 heteroatoms. The second kappa shape index (κ2) is 4.55. The Morgan fingerprint density at radius 2 is 2.31 bits per heavy atom. The second-order valence-corrected chi connectivity index (χ2v) is 4.72. The maximum absolute atomic E-state index is 11.9. The monoisotopic (exact) mass is 284 g/mol. The molecule has 3 nitrogen and oxygen atoms in total. The Labute approximate surface area is 103 Å². The van der Waals surface area contributed by atoms with Gasteiger partial charge in [0.1, 0.15) is 5.41 Å². The van der Waals surface area contributed by atoms with E-state index >= 15 is 0 Å². The van der Waals surface area contributed by atoms with Gasteiger partial charge in [0.2, 0.25) is 0 Å². The molecular formula is C12H13BrO3. The van der Waals surface area contributed by atoms with Crippen LogP contribution in [-0.2, 0) is 19.7 Å². The number of halogens is 1. The summed E-state index contributed by atoms with van der Waals surface area (Å²) in [5.74, 6) is -0.195. The molecule has 0 N–H and O–H groups in total. The van der Waals surface area contributed by atoms with Gasteiger partial charge in [-0.15, -0.1) is 0 Å². The molecule has 1 aliphatic rings. The van der Waals surface area contributed by atoms with Gasteiger partial charge in [-0.05, 0) is 24.6 Å². The summed E-state index contributed by atoms with van der Waals surface area (Å²) in [7, 11) is 0. The molecule has 0 spiro atoms. The summed E-state index contributed by atoms with van der Waals surface area (Å²) >= 11 is 3.40. The number of hydrogen-bond donors (Lipinski definition) is 0. The largest absolute Gasteiger partial charge is 0.465 e. The van der Waals surface area contributed by atoms with Crippen LogP contribution >= 0.6 is 15.9 Å². The number of ether oxygens (including phenoxy) is 2. The van der Waals surface area contributed by atoms with Crippen molar-refractivity contribution in [2.75, 3.05) is 19.8 Å². The average molecular weight is 285 g/mol. The minimum atomic E-state index is -0.597. The summed E-state index contributed by atoms with van der Waals surface area (Å²) in [6, 6.07) is 7.73. The van der Waals surface area contributed by atoms with Gasteiger partial charge in [-0.2, -0.15) is 0 Å². The van der Waals surface area contributed by atoms with Crippen molar-refractivity contribution in [3.8, 4) is 0 Å². The van der Waals surface area contributed by atoms with Gasteiger partial charge in [0.05, 0.1) is 19.8 Å². The first-order valence-corrected chi connectivity index (χ1v) is 5.99. The molecule has 0 unspecified atom stereocenters. The van der Waals surface area contributed by atoms with Gasteiger partial charge in [0.25, 0.3) is 0 Å². The van der Waals surface area contributed by atoms with Crippen LogP contribution in [-0.4, -0.2) is 25.8 Å². The molecule has 0 saturated carbocycles. The number of benzene rings is 1. The highest BCUT2D eigenvalue weighted by Gasteiger charge is 2.48. The Hall–Kier alpha value is -0.870. The molecule has 16 heavy (non-hydrogen) atoms. The molecule has 0 aliphatic carbocycles. The van der Waals surface area contributed by atoms with Crippen LogP contribution in [0.3, 0.4) is 0 Å². The van der Waals surface area contributed by atoms with Crippen LogP contribution in [0.4, 0.5) is 0 Å². The van der Waals surface area contributed by atoms with Crippen LogP contribution in [0.2, 0.25) is 0 Å². The molecule has 0 bridgehead atoms. The molecule has 0 radical (unpaired) electrons. The average Bonchev–Trinajstić information content (AvgIpc) is 2.16. The Morgan fingerprint density at radius 1 is 1.56 bits per heavy atom. The van der Waals surface area contributed by atoms with Gasteiger partial charge < -0.3 is 9.47 Å². The Morgan fingerprint density at radius 3 is 2.81 bits per heavy atom. The van der Waals surface area contributed by atoms with Crippen LogP contribution < -0.4 is 0 Å². The van der Waals surface area contributed by atoms with Crippen molar-refractivity contribution < 1.29 is 14.3 Å². The first kappa shape index (κ1) is 11.6. The maximum atomic E-state index is 11.9. The first-order chi connectivity index (χ1) is 7.69. The topological polar surface area (TPSA) is 35.5 Å². The van der Waals surface area contributed by atoms with Crippen LogP contribution in [0.5, 0.6) is 0 Å². The van der Waals surface area contributed by atoms with E-state index in [-0.39, 0.29) is 5.97 Å². The van der Waals surface area contributed by atoms with Crippen molar-refractivity contribution in [2.24, 2.45) is 0 Å². The molecule has 1 fully saturated rings. The number of esters is 1. The predicted octanol–water partition coefficient (Wildman–Crippen LogP) is 2.28. The quantitative estimate of drug-likeness (QED) is 0.799. The zero-order valence-electron chi connectivity index (χ0n) is 9.03. The van der Waals surface area contributed by atoms with Gasteiger partial charge in [-0.25, -0.2) is 0 Å². The van der Waals surface area contributed by atoms with Gasteiger partial charge in [-0.1, -0.05) is 28.1 Å². The molecule has 1 saturated heterocycles. The molecule has 1 aromatic carbocycles. The smallest absolute Gasteiger partial charge is 0.321 e. The fourth-order valence-corrected chi connectivity index (χ4v) is 2.16. The standard InChI is InChI=1S/C12H13BrO3/c1-2-16-11(14)12(7-15-8-12)9-4-3-5-10(13)6-9/h3-6H,2,7-8H2,1H3. The van der Waals surface area contributed by atoms with Crippen LogP contribution in [0.25, 0.3) is 0 Å². The van der Waals surface area contributed by atoms with Crippen molar-refractivity contribution in [2.45, 2.75) is 12.3 Å². The molecular weight excluding hydrogens is 272 g/mol. The molecule has 1 aliphatic heterocycles. The van der Waals surface area contributed by atoms with E-state index in [0.29, 0.717) is 19.8 Å². The van der Waals surface area contributed by atoms with Crippen molar-refractivity contribution in [3.63, 3.8) is 0 Å². The van der Waals surface area contributed by atoms with E-state index in [0.717, 1.165) is 10.0 Å². The zero-order valence-corrected chi connectivity index (χ0v) is 10.6. The van der Waals surface area contributed by atoms with Crippen molar-refractivity contribution >= 4 is 21.9 Å². The summed E-state index contributed by atoms with van der Waals surface area (Å²) in [5.41, 5.74) is 0.353. The van der Waals surface area contributed by atoms with E-state index in [9.17, 15) is 4.79 Å². The Balaban J connectivity index is 2.31. The SMILES string of the molecule is CCOC(=O)C1(c2cccc(Br)c2)COC1. The maximum Gasteiger partial charge on any atom is 0.321 e. The Kier molecular flexibility index (Phi) is 3.30. The molecule has 0 aromatic heterocycles. The zero-order chi connectivity index (χ0) is 11.6. The lowest BCUT2D eigenvalue weighted by atomic mass is 9.79. The van der Waals surface area contributed by atoms with Crippen molar-refractivity contribution in [1.82, 2.24) is 0 Å². The van der Waals surface area contributed by atoms with E-state index in [1.54, 1.807) is 0 Å². The van der Waals surface area contributed by atoms with E-state index in [1.807, 2.05) is 31.2 Å². The van der Waals surface area contributed by atoms with Gasteiger partial charge in [-0.3, -0.25) is 4.79 Å². The summed E-state index contributed by atoms with van der Waals surface area (Å²) in [5, 5.41) is 0. The second-order valence-electron chi connectivity index (χ2n) is 3.81. The first-order valence-electron chi connectivity index (χ1n) is 5.20. The highest BCUT2D eigenvalue weighted by Crippen LogP contribution is 2.34. The summed E-state index contributed by atoms with van der Waals surface area (Å²) in [6.45, 7) is 3.02. The minimum Gasteiger partial charge on any atom is -0.465 e. The number of hydrogen-bond acceptors (Lipinski definition) is 3. The van der Waals surface area contributed by atoms with E-state index in [1.165, 1.54) is 0 Å². The normalized spacial score (nSPS) is 17.6. The van der Waals surface area contributed by atoms with Crippen LogP contribution in [0, 0.1) is 0 Å². The number of carbonyl (C=O) groups is 1. The molecule has 1 aromatic rings. The Bertz CT molecular complexity index is 399. The van der Waals surface area contributed by atoms with Crippen LogP contribution in [0.15, 0.2) is 28.7 Å². The van der Waals surface area contributed by atoms with E-state index in [4.69, 9.17) is 9.47 Å². The summed E-state index contributed by atoms with van der Waals surface area (Å²) in [4.78, 5) is 11.9.